The van der Waals surface area contributed by atoms with E-state index in [-0.39, 0.29) is 28.2 Å². The van der Waals surface area contributed by atoms with Crippen LogP contribution in [-0.2, 0) is 23.7 Å². The fourth-order valence-corrected chi connectivity index (χ4v) is 6.02. The Morgan fingerprint density at radius 2 is 1.35 bits per heavy atom. The third kappa shape index (κ3) is 8.01. The molecule has 2 saturated heterocycles. The van der Waals surface area contributed by atoms with Crippen molar-refractivity contribution in [1.82, 2.24) is 0 Å². The zero-order valence-corrected chi connectivity index (χ0v) is 28.2. The van der Waals surface area contributed by atoms with Crippen LogP contribution < -0.4 is 10.2 Å². The number of fused-ring (bicyclic) bond motifs is 1. The Labute approximate surface area is 308 Å². The van der Waals surface area contributed by atoms with Gasteiger partial charge in [-0.25, -0.2) is 4.79 Å². The molecule has 0 aliphatic carbocycles. The molecule has 19 heteroatoms. The van der Waals surface area contributed by atoms with Crippen LogP contribution in [0.3, 0.4) is 0 Å². The summed E-state index contributed by atoms with van der Waals surface area (Å²) < 4.78 is 34.5. The maximum atomic E-state index is 14.0. The van der Waals surface area contributed by atoms with Gasteiger partial charge in [-0.1, -0.05) is 6.07 Å². The maximum Gasteiger partial charge on any atom is 0.331 e. The number of carbonyl (C=O) groups is 1. The Morgan fingerprint density at radius 1 is 0.709 bits per heavy atom. The first-order valence-electron chi connectivity index (χ1n) is 16.5. The van der Waals surface area contributed by atoms with Crippen molar-refractivity contribution >= 4 is 23.0 Å². The van der Waals surface area contributed by atoms with Crippen molar-refractivity contribution in [1.29, 1.82) is 0 Å². The first-order valence-corrected chi connectivity index (χ1v) is 16.5. The van der Waals surface area contributed by atoms with E-state index in [2.05, 4.69) is 0 Å². The molecule has 4 aromatic rings. The van der Waals surface area contributed by atoms with Gasteiger partial charge in [-0.3, -0.25) is 4.79 Å². The van der Waals surface area contributed by atoms with Crippen LogP contribution in [0, 0.1) is 0 Å². The van der Waals surface area contributed by atoms with Gasteiger partial charge in [-0.2, -0.15) is 0 Å². The summed E-state index contributed by atoms with van der Waals surface area (Å²) in [6.45, 7) is -1.79. The molecular weight excluding hydrogens is 736 g/mol. The first kappa shape index (κ1) is 39.2. The number of ether oxygens (including phenoxy) is 5. The second-order valence-corrected chi connectivity index (χ2v) is 12.6. The Kier molecular flexibility index (Phi) is 11.5. The fraction of sp³-hybridized carbons (Fsp3) is 0.333. The van der Waals surface area contributed by atoms with Crippen LogP contribution in [0.15, 0.2) is 69.9 Å². The van der Waals surface area contributed by atoms with Crippen molar-refractivity contribution in [2.45, 2.75) is 61.4 Å². The first-order chi connectivity index (χ1) is 26.2. The summed E-state index contributed by atoms with van der Waals surface area (Å²) in [5.74, 6) is -4.44. The SMILES string of the molecule is O=C(C=Cc1ccc(O)c(O)c1)OC1C(OC2C(Oc3c(-c4ccc(O)cc4)oc4cc(O)cc(O)c4c3=O)OC(CO)C(O)C2O)OC(CO)C(O)C1O. The Balaban J connectivity index is 1.37. The molecule has 55 heavy (non-hydrogen) atoms. The zero-order chi connectivity index (χ0) is 39.7. The predicted octanol–water partition coefficient (Wildman–Crippen LogP) is -0.745. The highest BCUT2D eigenvalue weighted by Crippen LogP contribution is 2.38. The molecule has 2 aliphatic rings. The van der Waals surface area contributed by atoms with Crippen molar-refractivity contribution in [3.05, 3.63) is 76.5 Å². The van der Waals surface area contributed by atoms with Gasteiger partial charge in [0.15, 0.2) is 35.8 Å². The van der Waals surface area contributed by atoms with Gasteiger partial charge in [0.25, 0.3) is 0 Å². The smallest absolute Gasteiger partial charge is 0.331 e. The van der Waals surface area contributed by atoms with E-state index in [4.69, 9.17) is 28.1 Å². The van der Waals surface area contributed by atoms with Crippen LogP contribution in [0.2, 0.25) is 0 Å². The highest BCUT2D eigenvalue weighted by Gasteiger charge is 2.53. The lowest BCUT2D eigenvalue weighted by Crippen LogP contribution is -2.65. The van der Waals surface area contributed by atoms with Gasteiger partial charge in [0.1, 0.15) is 64.8 Å². The van der Waals surface area contributed by atoms with E-state index >= 15 is 0 Å². The minimum Gasteiger partial charge on any atom is -0.508 e. The van der Waals surface area contributed by atoms with Crippen molar-refractivity contribution < 1.29 is 89.1 Å². The zero-order valence-electron chi connectivity index (χ0n) is 28.2. The van der Waals surface area contributed by atoms with Crippen LogP contribution in [0.5, 0.6) is 34.5 Å². The van der Waals surface area contributed by atoms with E-state index in [0.717, 1.165) is 30.3 Å². The third-order valence-electron chi connectivity index (χ3n) is 8.89. The predicted molar refractivity (Wildman–Crippen MR) is 183 cm³/mol. The normalized spacial score (nSPS) is 28.3. The molecule has 6 rings (SSSR count). The average Bonchev–Trinajstić information content (AvgIpc) is 3.15. The van der Waals surface area contributed by atoms with E-state index < -0.39 is 120 Å². The summed E-state index contributed by atoms with van der Waals surface area (Å²) >= 11 is 0. The van der Waals surface area contributed by atoms with Gasteiger partial charge in [0.05, 0.1) is 13.2 Å². The number of hydrogen-bond donors (Lipinski definition) is 11. The van der Waals surface area contributed by atoms with E-state index in [1.807, 2.05) is 0 Å². The van der Waals surface area contributed by atoms with Gasteiger partial charge >= 0.3 is 5.97 Å². The summed E-state index contributed by atoms with van der Waals surface area (Å²) in [6.07, 6.45) is -16.8. The summed E-state index contributed by atoms with van der Waals surface area (Å²) in [7, 11) is 0. The molecule has 3 aromatic carbocycles. The molecule has 0 amide bonds. The summed E-state index contributed by atoms with van der Waals surface area (Å²) in [6, 6.07) is 10.7. The molecule has 19 nitrogen and oxygen atoms in total. The second kappa shape index (κ2) is 16.1. The number of esters is 1. The quantitative estimate of drug-likeness (QED) is 0.0537. The molecule has 11 N–H and O–H groups in total. The molecule has 1 aromatic heterocycles. The van der Waals surface area contributed by atoms with Crippen LogP contribution in [0.4, 0.5) is 0 Å². The van der Waals surface area contributed by atoms with E-state index in [1.165, 1.54) is 36.4 Å². The molecular formula is C36H36O19. The van der Waals surface area contributed by atoms with Crippen LogP contribution in [-0.4, -0.2) is 137 Å². The summed E-state index contributed by atoms with van der Waals surface area (Å²) in [5, 5.41) is 113. The van der Waals surface area contributed by atoms with E-state index in [9.17, 15) is 65.8 Å². The molecule has 0 saturated carbocycles. The van der Waals surface area contributed by atoms with Crippen LogP contribution in [0.25, 0.3) is 28.4 Å². The third-order valence-corrected chi connectivity index (χ3v) is 8.89. The minimum absolute atomic E-state index is 0.114. The Morgan fingerprint density at radius 3 is 1.98 bits per heavy atom. The molecule has 2 fully saturated rings. The largest absolute Gasteiger partial charge is 0.508 e. The number of phenolic OH excluding ortho intramolecular Hbond substituents is 5. The lowest BCUT2D eigenvalue weighted by atomic mass is 9.97. The molecule has 10 atom stereocenters. The van der Waals surface area contributed by atoms with Gasteiger partial charge < -0.3 is 84.3 Å². The lowest BCUT2D eigenvalue weighted by molar-refractivity contribution is -0.358. The molecule has 3 heterocycles. The number of aliphatic hydroxyl groups excluding tert-OH is 6. The van der Waals surface area contributed by atoms with Gasteiger partial charge in [0, 0.05) is 23.8 Å². The van der Waals surface area contributed by atoms with Crippen molar-refractivity contribution in [2.75, 3.05) is 13.2 Å². The van der Waals surface area contributed by atoms with E-state index in [0.29, 0.717) is 0 Å². The lowest BCUT2D eigenvalue weighted by Gasteiger charge is -2.46. The van der Waals surface area contributed by atoms with Crippen molar-refractivity contribution in [3.8, 4) is 45.8 Å². The van der Waals surface area contributed by atoms with Crippen LogP contribution in [0.1, 0.15) is 5.56 Å². The number of hydrogen-bond acceptors (Lipinski definition) is 19. The molecule has 294 valence electrons. The molecule has 0 radical (unpaired) electrons. The number of phenols is 5. The van der Waals surface area contributed by atoms with Crippen molar-refractivity contribution in [3.63, 3.8) is 0 Å². The van der Waals surface area contributed by atoms with Gasteiger partial charge in [-0.05, 0) is 48.0 Å². The highest BCUT2D eigenvalue weighted by molar-refractivity contribution is 5.88. The number of carbonyl (C=O) groups excluding carboxylic acids is 1. The van der Waals surface area contributed by atoms with E-state index in [1.54, 1.807) is 0 Å². The topological polar surface area (TPSA) is 316 Å². The van der Waals surface area contributed by atoms with Gasteiger partial charge in [-0.15, -0.1) is 0 Å². The number of aromatic hydroxyl groups is 5. The van der Waals surface area contributed by atoms with Gasteiger partial charge in [0.2, 0.25) is 17.5 Å². The minimum atomic E-state index is -2.05. The Bertz CT molecular complexity index is 2100. The number of benzene rings is 3. The molecule has 10 unspecified atom stereocenters. The number of rotatable bonds is 10. The van der Waals surface area contributed by atoms with Crippen molar-refractivity contribution in [2.24, 2.45) is 0 Å². The fourth-order valence-electron chi connectivity index (χ4n) is 6.02. The molecule has 0 spiro atoms. The summed E-state index contributed by atoms with van der Waals surface area (Å²) in [4.78, 5) is 26.9. The number of aliphatic hydroxyl groups is 6. The maximum absolute atomic E-state index is 14.0. The highest BCUT2D eigenvalue weighted by atomic mass is 16.8. The van der Waals surface area contributed by atoms with Crippen LogP contribution >= 0.6 is 0 Å². The average molecular weight is 773 g/mol. The second-order valence-electron chi connectivity index (χ2n) is 12.6. The summed E-state index contributed by atoms with van der Waals surface area (Å²) in [5.41, 5.74) is -0.981. The molecule has 2 aliphatic heterocycles. The standard InChI is InChI=1S/C36H36O19/c37-12-22-26(45)29(48)33(53-24(44)8-2-14-1-7-18(41)19(42)9-14)35(51-22)55-34-30(49)27(46)23(13-38)52-36(34)54-32-28(47)25-20(43)10-17(40)11-21(25)50-31(32)15-3-5-16(39)6-4-15/h1-11,22-23,26-27,29-30,33-43,45-46,48-49H,12-13H2. The monoisotopic (exact) mass is 772 g/mol. The molecule has 0 bridgehead atoms. The Hall–Kier alpha value is -5.48.